The minimum atomic E-state index is -0.151. The number of anilines is 2. The molecule has 1 aromatic heterocycles. The molecule has 146 valence electrons. The van der Waals surface area contributed by atoms with Crippen molar-refractivity contribution in [2.45, 2.75) is 25.7 Å². The summed E-state index contributed by atoms with van der Waals surface area (Å²) in [7, 11) is 0. The van der Waals surface area contributed by atoms with E-state index in [1.54, 1.807) is 6.07 Å². The molecule has 2 aliphatic rings. The second kappa shape index (κ2) is 7.20. The van der Waals surface area contributed by atoms with Crippen molar-refractivity contribution in [1.82, 2.24) is 5.16 Å². The summed E-state index contributed by atoms with van der Waals surface area (Å²) in [6.45, 7) is 0.725. The molecule has 29 heavy (non-hydrogen) atoms. The minimum Gasteiger partial charge on any atom is -0.356 e. The summed E-state index contributed by atoms with van der Waals surface area (Å²) in [6.07, 6.45) is 2.97. The Labute approximate surface area is 168 Å². The summed E-state index contributed by atoms with van der Waals surface area (Å²) in [5, 5.41) is 6.93. The highest BCUT2D eigenvalue weighted by molar-refractivity contribution is 5.99. The van der Waals surface area contributed by atoms with Crippen molar-refractivity contribution in [3.63, 3.8) is 0 Å². The van der Waals surface area contributed by atoms with Gasteiger partial charge in [0.2, 0.25) is 11.8 Å². The third-order valence-electron chi connectivity index (χ3n) is 5.41. The van der Waals surface area contributed by atoms with Gasteiger partial charge in [0.15, 0.2) is 5.76 Å². The van der Waals surface area contributed by atoms with Gasteiger partial charge in [0.25, 0.3) is 0 Å². The lowest BCUT2D eigenvalue weighted by Crippen LogP contribution is -2.30. The molecule has 2 heterocycles. The molecule has 1 N–H and O–H groups in total. The molecular formula is C23H21N3O3. The van der Waals surface area contributed by atoms with Gasteiger partial charge in [0, 0.05) is 35.5 Å². The Morgan fingerprint density at radius 1 is 1.10 bits per heavy atom. The Kier molecular flexibility index (Phi) is 4.39. The highest BCUT2D eigenvalue weighted by Gasteiger charge is 2.36. The van der Waals surface area contributed by atoms with Crippen molar-refractivity contribution in [2.24, 2.45) is 5.92 Å². The van der Waals surface area contributed by atoms with Crippen LogP contribution in [-0.2, 0) is 22.4 Å². The summed E-state index contributed by atoms with van der Waals surface area (Å²) in [5.74, 6) is 0.942. The maximum Gasteiger partial charge on any atom is 0.230 e. The number of carbonyl (C=O) groups excluding carboxylic acids is 2. The zero-order valence-corrected chi connectivity index (χ0v) is 15.9. The van der Waals surface area contributed by atoms with E-state index in [0.717, 1.165) is 48.3 Å². The molecule has 2 amide bonds. The Balaban J connectivity index is 1.24. The van der Waals surface area contributed by atoms with Crippen molar-refractivity contribution in [3.05, 3.63) is 65.9 Å². The number of nitrogens with zero attached hydrogens (tertiary/aromatic N) is 2. The molecule has 0 saturated heterocycles. The van der Waals surface area contributed by atoms with Crippen LogP contribution in [-0.4, -0.2) is 23.5 Å². The maximum atomic E-state index is 12.4. The zero-order valence-electron chi connectivity index (χ0n) is 15.9. The molecule has 3 aromatic rings. The van der Waals surface area contributed by atoms with Gasteiger partial charge in [0.1, 0.15) is 0 Å². The summed E-state index contributed by atoms with van der Waals surface area (Å²) < 4.78 is 5.35. The normalized spacial score (nSPS) is 15.2. The second-order valence-corrected chi connectivity index (χ2v) is 7.63. The SMILES string of the molecule is O=C(Cc1cc(-c2ccccc2)on1)Nc1ccc2c(c1)CCN2C(=O)C1CC1. The average molecular weight is 387 g/mol. The minimum absolute atomic E-state index is 0.139. The third-order valence-corrected chi connectivity index (χ3v) is 5.41. The number of nitrogens with one attached hydrogen (secondary N) is 1. The van der Waals surface area contributed by atoms with Crippen LogP contribution < -0.4 is 10.2 Å². The number of hydrogen-bond donors (Lipinski definition) is 1. The number of carbonyl (C=O) groups is 2. The molecule has 2 aromatic carbocycles. The topological polar surface area (TPSA) is 75.4 Å². The van der Waals surface area contributed by atoms with Gasteiger partial charge in [-0.1, -0.05) is 35.5 Å². The van der Waals surface area contributed by atoms with Gasteiger partial charge in [-0.3, -0.25) is 9.59 Å². The number of amides is 2. The molecule has 1 aliphatic heterocycles. The summed E-state index contributed by atoms with van der Waals surface area (Å²) in [5.41, 5.74) is 4.33. The number of fused-ring (bicyclic) bond motifs is 1. The third kappa shape index (κ3) is 3.66. The van der Waals surface area contributed by atoms with Crippen molar-refractivity contribution in [2.75, 3.05) is 16.8 Å². The number of aromatic nitrogens is 1. The molecule has 0 radical (unpaired) electrons. The zero-order chi connectivity index (χ0) is 19.8. The molecule has 1 aliphatic carbocycles. The highest BCUT2D eigenvalue weighted by Crippen LogP contribution is 2.37. The van der Waals surface area contributed by atoms with Gasteiger partial charge in [-0.2, -0.15) is 0 Å². The molecule has 0 spiro atoms. The monoisotopic (exact) mass is 387 g/mol. The molecule has 5 rings (SSSR count). The number of hydrogen-bond acceptors (Lipinski definition) is 4. The highest BCUT2D eigenvalue weighted by atomic mass is 16.5. The van der Waals surface area contributed by atoms with Crippen LogP contribution in [0.2, 0.25) is 0 Å². The Morgan fingerprint density at radius 3 is 2.72 bits per heavy atom. The quantitative estimate of drug-likeness (QED) is 0.722. The van der Waals surface area contributed by atoms with Crippen LogP contribution in [0.4, 0.5) is 11.4 Å². The van der Waals surface area contributed by atoms with E-state index in [4.69, 9.17) is 4.52 Å². The first kappa shape index (κ1) is 17.7. The predicted octanol–water partition coefficient (Wildman–Crippen LogP) is 3.82. The molecule has 0 bridgehead atoms. The predicted molar refractivity (Wildman–Crippen MR) is 109 cm³/mol. The fourth-order valence-corrected chi connectivity index (χ4v) is 3.76. The van der Waals surface area contributed by atoms with Crippen LogP contribution in [0.15, 0.2) is 59.1 Å². The first-order chi connectivity index (χ1) is 14.2. The first-order valence-corrected chi connectivity index (χ1v) is 9.92. The van der Waals surface area contributed by atoms with Crippen LogP contribution in [0.25, 0.3) is 11.3 Å². The van der Waals surface area contributed by atoms with Crippen LogP contribution in [0.5, 0.6) is 0 Å². The Bertz CT molecular complexity index is 1070. The van der Waals surface area contributed by atoms with Crippen LogP contribution in [0.1, 0.15) is 24.1 Å². The fourth-order valence-electron chi connectivity index (χ4n) is 3.76. The van der Waals surface area contributed by atoms with Gasteiger partial charge in [-0.25, -0.2) is 0 Å². The molecule has 1 fully saturated rings. The molecule has 1 saturated carbocycles. The van der Waals surface area contributed by atoms with E-state index in [1.165, 1.54) is 0 Å². The van der Waals surface area contributed by atoms with Gasteiger partial charge in [0.05, 0.1) is 12.1 Å². The first-order valence-electron chi connectivity index (χ1n) is 9.92. The summed E-state index contributed by atoms with van der Waals surface area (Å²) in [6, 6.07) is 17.2. The lowest BCUT2D eigenvalue weighted by molar-refractivity contribution is -0.119. The fraction of sp³-hybridized carbons (Fsp3) is 0.261. The van der Waals surface area contributed by atoms with E-state index in [2.05, 4.69) is 10.5 Å². The van der Waals surface area contributed by atoms with Gasteiger partial charge in [-0.15, -0.1) is 0 Å². The van der Waals surface area contributed by atoms with Crippen molar-refractivity contribution in [1.29, 1.82) is 0 Å². The Hall–Kier alpha value is -3.41. The van der Waals surface area contributed by atoms with E-state index in [1.807, 2.05) is 53.4 Å². The molecule has 0 atom stereocenters. The van der Waals surface area contributed by atoms with Crippen LogP contribution >= 0.6 is 0 Å². The van der Waals surface area contributed by atoms with Gasteiger partial charge in [-0.05, 0) is 43.0 Å². The number of rotatable bonds is 5. The molecular weight excluding hydrogens is 366 g/mol. The number of benzene rings is 2. The van der Waals surface area contributed by atoms with E-state index >= 15 is 0 Å². The lowest BCUT2D eigenvalue weighted by atomic mass is 10.1. The Morgan fingerprint density at radius 2 is 1.93 bits per heavy atom. The molecule has 6 heteroatoms. The van der Waals surface area contributed by atoms with Crippen molar-refractivity contribution >= 4 is 23.2 Å². The molecule has 0 unspecified atom stereocenters. The van der Waals surface area contributed by atoms with E-state index in [9.17, 15) is 9.59 Å². The largest absolute Gasteiger partial charge is 0.356 e. The van der Waals surface area contributed by atoms with Crippen molar-refractivity contribution < 1.29 is 14.1 Å². The summed E-state index contributed by atoms with van der Waals surface area (Å²) >= 11 is 0. The van der Waals surface area contributed by atoms with E-state index in [-0.39, 0.29) is 24.2 Å². The summed E-state index contributed by atoms with van der Waals surface area (Å²) in [4.78, 5) is 26.7. The standard InChI is InChI=1S/C23H21N3O3/c27-22(14-19-13-21(29-25-19)15-4-2-1-3-5-15)24-18-8-9-20-17(12-18)10-11-26(20)23(28)16-6-7-16/h1-5,8-9,12-13,16H,6-7,10-11,14H2,(H,24,27). The second-order valence-electron chi connectivity index (χ2n) is 7.63. The smallest absolute Gasteiger partial charge is 0.230 e. The maximum absolute atomic E-state index is 12.4. The van der Waals surface area contributed by atoms with E-state index < -0.39 is 0 Å². The van der Waals surface area contributed by atoms with Gasteiger partial charge < -0.3 is 14.7 Å². The average Bonchev–Trinajstić information content (AvgIpc) is 3.34. The van der Waals surface area contributed by atoms with Gasteiger partial charge >= 0.3 is 0 Å². The van der Waals surface area contributed by atoms with Crippen LogP contribution in [0, 0.1) is 5.92 Å². The van der Waals surface area contributed by atoms with E-state index in [0.29, 0.717) is 11.5 Å². The van der Waals surface area contributed by atoms with Crippen LogP contribution in [0.3, 0.4) is 0 Å². The molecule has 6 nitrogen and oxygen atoms in total. The lowest BCUT2D eigenvalue weighted by Gasteiger charge is -2.17. The van der Waals surface area contributed by atoms with Crippen molar-refractivity contribution in [3.8, 4) is 11.3 Å².